The number of nitrogens with zero attached hydrogens (tertiary/aromatic N) is 2. The van der Waals surface area contributed by atoms with Crippen LogP contribution in [0.3, 0.4) is 0 Å². The van der Waals surface area contributed by atoms with Gasteiger partial charge >= 0.3 is 5.97 Å². The number of hydrogen-bond acceptors (Lipinski definition) is 3. The fraction of sp³-hybridized carbons (Fsp3) is 0.667. The minimum Gasteiger partial charge on any atom is -0.481 e. The Morgan fingerprint density at radius 1 is 1.33 bits per heavy atom. The fourth-order valence-electron chi connectivity index (χ4n) is 3.23. The highest BCUT2D eigenvalue weighted by molar-refractivity contribution is 5.85. The smallest absolute Gasteiger partial charge is 0.307 e. The number of rotatable bonds is 4. The molecular weight excluding hydrogens is 270 g/mol. The number of nitrogens with one attached hydrogen (secondary N) is 1. The molecule has 1 saturated carbocycles. The third-order valence-corrected chi connectivity index (χ3v) is 4.55. The van der Waals surface area contributed by atoms with Gasteiger partial charge in [0.1, 0.15) is 0 Å². The molecule has 2 N–H and O–H groups in total. The van der Waals surface area contributed by atoms with E-state index in [0.29, 0.717) is 19.4 Å². The van der Waals surface area contributed by atoms with Crippen LogP contribution in [0.25, 0.3) is 0 Å². The minimum atomic E-state index is -0.867. The molecule has 1 aliphatic carbocycles. The number of aryl methyl sites for hydroxylation is 2. The normalized spacial score (nSPS) is 25.0. The third kappa shape index (κ3) is 3.09. The van der Waals surface area contributed by atoms with E-state index in [0.717, 1.165) is 17.0 Å². The van der Waals surface area contributed by atoms with Gasteiger partial charge in [-0.05, 0) is 32.6 Å². The Morgan fingerprint density at radius 2 is 1.95 bits per heavy atom. The Labute approximate surface area is 124 Å². The monoisotopic (exact) mass is 293 g/mol. The molecule has 0 aliphatic heterocycles. The largest absolute Gasteiger partial charge is 0.481 e. The molecule has 1 heterocycles. The molecule has 0 aromatic carbocycles. The van der Waals surface area contributed by atoms with Gasteiger partial charge in [0.15, 0.2) is 0 Å². The van der Waals surface area contributed by atoms with E-state index in [2.05, 4.69) is 10.4 Å². The number of carbonyl (C=O) groups excluding carboxylic acids is 1. The predicted octanol–water partition coefficient (Wildman–Crippen LogP) is 1.40. The van der Waals surface area contributed by atoms with Gasteiger partial charge in [0.25, 0.3) is 0 Å². The van der Waals surface area contributed by atoms with Gasteiger partial charge in [0.05, 0.1) is 17.5 Å². The molecule has 0 saturated heterocycles. The van der Waals surface area contributed by atoms with Crippen LogP contribution in [0.4, 0.5) is 0 Å². The molecule has 1 aromatic heterocycles. The summed E-state index contributed by atoms with van der Waals surface area (Å²) in [6.07, 6.45) is 1.23. The highest BCUT2D eigenvalue weighted by atomic mass is 16.4. The van der Waals surface area contributed by atoms with Crippen LogP contribution in [0.1, 0.15) is 36.7 Å². The first kappa shape index (κ1) is 15.5. The van der Waals surface area contributed by atoms with Gasteiger partial charge in [-0.3, -0.25) is 14.3 Å². The molecule has 0 spiro atoms. The van der Waals surface area contributed by atoms with Crippen LogP contribution in [0, 0.1) is 31.6 Å². The lowest BCUT2D eigenvalue weighted by Gasteiger charge is -2.15. The summed E-state index contributed by atoms with van der Waals surface area (Å²) in [5, 5.41) is 16.4. The van der Waals surface area contributed by atoms with Gasteiger partial charge in [-0.1, -0.05) is 6.92 Å². The van der Waals surface area contributed by atoms with Crippen molar-refractivity contribution in [3.63, 3.8) is 0 Å². The van der Waals surface area contributed by atoms with Crippen LogP contribution in [-0.4, -0.2) is 26.8 Å². The quantitative estimate of drug-likeness (QED) is 0.879. The van der Waals surface area contributed by atoms with Gasteiger partial charge in [-0.2, -0.15) is 5.10 Å². The second kappa shape index (κ2) is 5.87. The van der Waals surface area contributed by atoms with Crippen molar-refractivity contribution in [2.24, 2.45) is 24.8 Å². The number of hydrogen-bond donors (Lipinski definition) is 2. The van der Waals surface area contributed by atoms with Crippen LogP contribution in [0.2, 0.25) is 0 Å². The molecule has 1 amide bonds. The second-order valence-corrected chi connectivity index (χ2v) is 6.12. The average molecular weight is 293 g/mol. The van der Waals surface area contributed by atoms with Crippen molar-refractivity contribution in [3.05, 3.63) is 17.0 Å². The fourth-order valence-corrected chi connectivity index (χ4v) is 3.23. The van der Waals surface area contributed by atoms with E-state index in [-0.39, 0.29) is 11.8 Å². The van der Waals surface area contributed by atoms with Crippen LogP contribution >= 0.6 is 0 Å². The molecule has 3 atom stereocenters. The molecule has 6 nitrogen and oxygen atoms in total. The topological polar surface area (TPSA) is 84.2 Å². The number of carboxylic acid groups (broad SMARTS) is 1. The highest BCUT2D eigenvalue weighted by Crippen LogP contribution is 2.36. The van der Waals surface area contributed by atoms with Crippen molar-refractivity contribution in [1.82, 2.24) is 15.1 Å². The molecule has 1 aliphatic rings. The SMILES string of the molecule is Cc1nn(C)c(C)c1CNC(=O)C1CC(C)CC1C(=O)O. The minimum absolute atomic E-state index is 0.158. The Balaban J connectivity index is 2.03. The first-order valence-electron chi connectivity index (χ1n) is 7.30. The number of amides is 1. The Morgan fingerprint density at radius 3 is 2.48 bits per heavy atom. The van der Waals surface area contributed by atoms with Crippen molar-refractivity contribution in [2.45, 2.75) is 40.2 Å². The first-order chi connectivity index (χ1) is 9.81. The van der Waals surface area contributed by atoms with Crippen LogP contribution in [-0.2, 0) is 23.2 Å². The van der Waals surface area contributed by atoms with Crippen LogP contribution in [0.5, 0.6) is 0 Å². The molecule has 116 valence electrons. The van der Waals surface area contributed by atoms with E-state index in [1.165, 1.54) is 0 Å². The second-order valence-electron chi connectivity index (χ2n) is 6.12. The van der Waals surface area contributed by atoms with Crippen molar-refractivity contribution < 1.29 is 14.7 Å². The summed E-state index contributed by atoms with van der Waals surface area (Å²) in [7, 11) is 1.87. The maximum Gasteiger partial charge on any atom is 0.307 e. The summed E-state index contributed by atoms with van der Waals surface area (Å²) in [5.41, 5.74) is 2.91. The number of carboxylic acids is 1. The lowest BCUT2D eigenvalue weighted by molar-refractivity contribution is -0.146. The van der Waals surface area contributed by atoms with E-state index in [1.807, 2.05) is 27.8 Å². The highest BCUT2D eigenvalue weighted by Gasteiger charge is 2.41. The van der Waals surface area contributed by atoms with E-state index < -0.39 is 17.8 Å². The molecule has 1 aromatic rings. The van der Waals surface area contributed by atoms with E-state index in [1.54, 1.807) is 4.68 Å². The van der Waals surface area contributed by atoms with Crippen molar-refractivity contribution in [3.8, 4) is 0 Å². The summed E-state index contributed by atoms with van der Waals surface area (Å²) < 4.78 is 1.79. The molecular formula is C15H23N3O3. The zero-order valence-corrected chi connectivity index (χ0v) is 13.0. The lowest BCUT2D eigenvalue weighted by Crippen LogP contribution is -2.35. The van der Waals surface area contributed by atoms with Crippen molar-refractivity contribution in [2.75, 3.05) is 0 Å². The summed E-state index contributed by atoms with van der Waals surface area (Å²) in [5.74, 6) is -1.72. The van der Waals surface area contributed by atoms with E-state index >= 15 is 0 Å². The van der Waals surface area contributed by atoms with Gasteiger partial charge < -0.3 is 10.4 Å². The number of aliphatic carboxylic acids is 1. The molecule has 3 unspecified atom stereocenters. The van der Waals surface area contributed by atoms with Crippen LogP contribution in [0.15, 0.2) is 0 Å². The summed E-state index contributed by atoms with van der Waals surface area (Å²) >= 11 is 0. The zero-order chi connectivity index (χ0) is 15.7. The number of aromatic nitrogens is 2. The molecule has 1 fully saturated rings. The van der Waals surface area contributed by atoms with Gasteiger partial charge in [0.2, 0.25) is 5.91 Å². The van der Waals surface area contributed by atoms with Gasteiger partial charge in [-0.25, -0.2) is 0 Å². The maximum atomic E-state index is 12.3. The Kier molecular flexibility index (Phi) is 4.34. The van der Waals surface area contributed by atoms with Crippen molar-refractivity contribution in [1.29, 1.82) is 0 Å². The van der Waals surface area contributed by atoms with E-state index in [4.69, 9.17) is 0 Å². The third-order valence-electron chi connectivity index (χ3n) is 4.55. The predicted molar refractivity (Wildman–Crippen MR) is 77.5 cm³/mol. The molecule has 0 radical (unpaired) electrons. The average Bonchev–Trinajstić information content (AvgIpc) is 2.90. The molecule has 0 bridgehead atoms. The summed E-state index contributed by atoms with van der Waals surface area (Å²) in [6, 6.07) is 0. The van der Waals surface area contributed by atoms with Gasteiger partial charge in [0, 0.05) is 24.8 Å². The van der Waals surface area contributed by atoms with Crippen molar-refractivity contribution >= 4 is 11.9 Å². The molecule has 21 heavy (non-hydrogen) atoms. The summed E-state index contributed by atoms with van der Waals surface area (Å²) in [6.45, 7) is 6.27. The Hall–Kier alpha value is -1.85. The molecule has 2 rings (SSSR count). The van der Waals surface area contributed by atoms with E-state index in [9.17, 15) is 14.7 Å². The van der Waals surface area contributed by atoms with Crippen LogP contribution < -0.4 is 5.32 Å². The van der Waals surface area contributed by atoms with Gasteiger partial charge in [-0.15, -0.1) is 0 Å². The molecule has 6 heteroatoms. The zero-order valence-electron chi connectivity index (χ0n) is 13.0. The first-order valence-corrected chi connectivity index (χ1v) is 7.30. The lowest BCUT2D eigenvalue weighted by atomic mass is 9.95. The maximum absolute atomic E-state index is 12.3. The Bertz CT molecular complexity index is 565. The summed E-state index contributed by atoms with van der Waals surface area (Å²) in [4.78, 5) is 23.6. The standard InChI is InChI=1S/C15H23N3O3/c1-8-5-11(12(6-8)15(20)21)14(19)16-7-13-9(2)17-18(4)10(13)3/h8,11-12H,5-7H2,1-4H3,(H,16,19)(H,20,21). The number of carbonyl (C=O) groups is 2.